The van der Waals surface area contributed by atoms with Gasteiger partial charge in [0.25, 0.3) is 0 Å². The van der Waals surface area contributed by atoms with Gasteiger partial charge in [0, 0.05) is 11.3 Å². The molecule has 27 heavy (non-hydrogen) atoms. The summed E-state index contributed by atoms with van der Waals surface area (Å²) in [6.45, 7) is 6.59. The maximum Gasteiger partial charge on any atom is 0.418 e. The van der Waals surface area contributed by atoms with Crippen molar-refractivity contribution in [2.45, 2.75) is 39.8 Å². The van der Waals surface area contributed by atoms with Gasteiger partial charge in [-0.15, -0.1) is 0 Å². The number of imide groups is 1. The fourth-order valence-electron chi connectivity index (χ4n) is 2.69. The molecule has 0 radical (unpaired) electrons. The van der Waals surface area contributed by atoms with E-state index < -0.39 is 30.2 Å². The summed E-state index contributed by atoms with van der Waals surface area (Å²) in [6, 6.07) is 2.87. The summed E-state index contributed by atoms with van der Waals surface area (Å²) >= 11 is 12.4. The normalized spacial score (nSPS) is 17.1. The molecule has 1 unspecified atom stereocenters. The molecule has 146 valence electrons. The van der Waals surface area contributed by atoms with E-state index in [2.05, 4.69) is 5.32 Å². The predicted molar refractivity (Wildman–Crippen MR) is 101 cm³/mol. The zero-order chi connectivity index (χ0) is 20.3. The Labute approximate surface area is 167 Å². The van der Waals surface area contributed by atoms with Gasteiger partial charge in [-0.25, -0.2) is 19.3 Å². The smallest absolute Gasteiger partial charge is 0.418 e. The summed E-state index contributed by atoms with van der Waals surface area (Å²) in [7, 11) is 0. The zero-order valence-electron chi connectivity index (χ0n) is 15.3. The molecule has 1 atom stereocenters. The van der Waals surface area contributed by atoms with Gasteiger partial charge in [0.15, 0.2) is 0 Å². The Morgan fingerprint density at radius 1 is 1.30 bits per heavy atom. The summed E-state index contributed by atoms with van der Waals surface area (Å²) in [5.41, 5.74) is 0.634. The van der Waals surface area contributed by atoms with Gasteiger partial charge in [0.2, 0.25) is 0 Å². The van der Waals surface area contributed by atoms with Crippen LogP contribution in [0.15, 0.2) is 29.5 Å². The highest BCUT2D eigenvalue weighted by Gasteiger charge is 2.44. The predicted octanol–water partition coefficient (Wildman–Crippen LogP) is 4.44. The van der Waals surface area contributed by atoms with Gasteiger partial charge in [-0.3, -0.25) is 0 Å². The molecule has 1 N–H and O–H groups in total. The molecule has 0 fully saturated rings. The van der Waals surface area contributed by atoms with Crippen molar-refractivity contribution in [2.75, 3.05) is 6.61 Å². The van der Waals surface area contributed by atoms with Crippen LogP contribution >= 0.6 is 23.2 Å². The van der Waals surface area contributed by atoms with Gasteiger partial charge in [-0.1, -0.05) is 35.3 Å². The molecule has 0 bridgehead atoms. The average molecular weight is 415 g/mol. The molecule has 2 rings (SSSR count). The van der Waals surface area contributed by atoms with Crippen molar-refractivity contribution in [3.8, 4) is 0 Å². The molecular formula is C18H20Cl2N2O5. The van der Waals surface area contributed by atoms with Crippen molar-refractivity contribution in [2.24, 2.45) is 0 Å². The first-order chi connectivity index (χ1) is 12.7. The molecule has 3 amide bonds. The summed E-state index contributed by atoms with van der Waals surface area (Å²) < 4.78 is 10.3. The molecule has 0 saturated carbocycles. The first-order valence-electron chi connectivity index (χ1n) is 8.31. The second-order valence-electron chi connectivity index (χ2n) is 6.04. The molecule has 1 aliphatic rings. The Hall–Kier alpha value is -2.25. The maximum absolute atomic E-state index is 12.7. The Bertz CT molecular complexity index is 807. The number of nitrogens with one attached hydrogen (secondary N) is 1. The number of carbonyl (C=O) groups excluding carboxylic acids is 3. The van der Waals surface area contributed by atoms with E-state index in [0.717, 1.165) is 4.90 Å². The molecule has 9 heteroatoms. The number of allylic oxidation sites excluding steroid dienone is 1. The summed E-state index contributed by atoms with van der Waals surface area (Å²) in [4.78, 5) is 38.6. The van der Waals surface area contributed by atoms with Gasteiger partial charge < -0.3 is 14.8 Å². The SMILES string of the molecule is CCOC(=O)N1C(=O)NC(C)=C(C(=O)OC(C)C)C1c1cccc(Cl)c1Cl. The average Bonchev–Trinajstić information content (AvgIpc) is 2.56. The van der Waals surface area contributed by atoms with Gasteiger partial charge in [0.05, 0.1) is 28.3 Å². The van der Waals surface area contributed by atoms with Crippen LogP contribution in [0.4, 0.5) is 9.59 Å². The third-order valence-electron chi connectivity index (χ3n) is 3.75. The van der Waals surface area contributed by atoms with E-state index in [0.29, 0.717) is 5.56 Å². The highest BCUT2D eigenvalue weighted by molar-refractivity contribution is 6.42. The van der Waals surface area contributed by atoms with Crippen molar-refractivity contribution >= 4 is 41.3 Å². The first-order valence-corrected chi connectivity index (χ1v) is 9.07. The molecule has 1 aliphatic heterocycles. The van der Waals surface area contributed by atoms with Crippen molar-refractivity contribution in [1.29, 1.82) is 0 Å². The number of ether oxygens (including phenoxy) is 2. The fourth-order valence-corrected chi connectivity index (χ4v) is 3.10. The number of benzene rings is 1. The molecule has 1 heterocycles. The number of carbonyl (C=O) groups is 3. The molecule has 0 saturated heterocycles. The van der Waals surface area contributed by atoms with Crippen molar-refractivity contribution < 1.29 is 23.9 Å². The minimum atomic E-state index is -1.14. The third kappa shape index (κ3) is 4.36. The lowest BCUT2D eigenvalue weighted by atomic mass is 9.94. The lowest BCUT2D eigenvalue weighted by molar-refractivity contribution is -0.143. The minimum absolute atomic E-state index is 0.0487. The first kappa shape index (κ1) is 21.1. The second-order valence-corrected chi connectivity index (χ2v) is 6.82. The summed E-state index contributed by atoms with van der Waals surface area (Å²) in [6.07, 6.45) is -1.32. The number of urea groups is 1. The minimum Gasteiger partial charge on any atom is -0.459 e. The molecule has 7 nitrogen and oxygen atoms in total. The maximum atomic E-state index is 12.7. The van der Waals surface area contributed by atoms with Gasteiger partial charge in [-0.05, 0) is 33.8 Å². The summed E-state index contributed by atoms with van der Waals surface area (Å²) in [5.74, 6) is -0.683. The van der Waals surface area contributed by atoms with E-state index in [-0.39, 0.29) is 27.9 Å². The topological polar surface area (TPSA) is 84.9 Å². The van der Waals surface area contributed by atoms with Gasteiger partial charge in [-0.2, -0.15) is 0 Å². The van der Waals surface area contributed by atoms with Crippen LogP contribution in [-0.4, -0.2) is 35.7 Å². The number of hydrogen-bond acceptors (Lipinski definition) is 5. The Morgan fingerprint density at radius 3 is 2.56 bits per heavy atom. The van der Waals surface area contributed by atoms with E-state index in [1.54, 1.807) is 45.9 Å². The van der Waals surface area contributed by atoms with Crippen LogP contribution in [0.1, 0.15) is 39.3 Å². The van der Waals surface area contributed by atoms with E-state index in [9.17, 15) is 14.4 Å². The molecular weight excluding hydrogens is 395 g/mol. The largest absolute Gasteiger partial charge is 0.459 e. The highest BCUT2D eigenvalue weighted by Crippen LogP contribution is 2.40. The number of rotatable bonds is 4. The zero-order valence-corrected chi connectivity index (χ0v) is 16.9. The van der Waals surface area contributed by atoms with Crippen LogP contribution in [0.25, 0.3) is 0 Å². The van der Waals surface area contributed by atoms with E-state index >= 15 is 0 Å². The molecule has 0 spiro atoms. The fraction of sp³-hybridized carbons (Fsp3) is 0.389. The number of amides is 3. The van der Waals surface area contributed by atoms with E-state index in [4.69, 9.17) is 32.7 Å². The van der Waals surface area contributed by atoms with Crippen molar-refractivity contribution in [3.05, 3.63) is 45.1 Å². The van der Waals surface area contributed by atoms with Crippen LogP contribution in [-0.2, 0) is 14.3 Å². The highest BCUT2D eigenvalue weighted by atomic mass is 35.5. The molecule has 1 aromatic carbocycles. The molecule has 1 aromatic rings. The number of hydrogen-bond donors (Lipinski definition) is 1. The third-order valence-corrected chi connectivity index (χ3v) is 4.59. The lowest BCUT2D eigenvalue weighted by Crippen LogP contribution is -2.51. The van der Waals surface area contributed by atoms with Crippen molar-refractivity contribution in [3.63, 3.8) is 0 Å². The van der Waals surface area contributed by atoms with E-state index in [1.165, 1.54) is 0 Å². The Morgan fingerprint density at radius 2 is 1.96 bits per heavy atom. The van der Waals surface area contributed by atoms with Crippen LogP contribution in [0.2, 0.25) is 10.0 Å². The van der Waals surface area contributed by atoms with Crippen LogP contribution in [0.3, 0.4) is 0 Å². The van der Waals surface area contributed by atoms with Crippen LogP contribution in [0.5, 0.6) is 0 Å². The van der Waals surface area contributed by atoms with Crippen molar-refractivity contribution in [1.82, 2.24) is 10.2 Å². The lowest BCUT2D eigenvalue weighted by Gasteiger charge is -2.36. The Balaban J connectivity index is 2.69. The molecule has 0 aliphatic carbocycles. The number of esters is 1. The molecule has 0 aromatic heterocycles. The van der Waals surface area contributed by atoms with Crippen LogP contribution in [0, 0.1) is 0 Å². The number of halogens is 2. The van der Waals surface area contributed by atoms with Gasteiger partial charge in [0.1, 0.15) is 6.04 Å². The Kier molecular flexibility index (Phi) is 6.73. The van der Waals surface area contributed by atoms with Crippen LogP contribution < -0.4 is 5.32 Å². The monoisotopic (exact) mass is 414 g/mol. The summed E-state index contributed by atoms with van der Waals surface area (Å²) in [5, 5.41) is 2.84. The van der Waals surface area contributed by atoms with E-state index in [1.807, 2.05) is 0 Å². The number of nitrogens with zero attached hydrogens (tertiary/aromatic N) is 1. The second kappa shape index (κ2) is 8.63. The standard InChI is InChI=1S/C18H20Cl2N2O5/c1-5-26-18(25)22-15(11-7-6-8-12(19)14(11)20)13(10(4)21-17(22)24)16(23)27-9(2)3/h6-9,15H,5H2,1-4H3,(H,21,24). The quantitative estimate of drug-likeness (QED) is 0.735. The van der Waals surface area contributed by atoms with Gasteiger partial charge >= 0.3 is 18.1 Å².